The Morgan fingerprint density at radius 3 is 2.44 bits per heavy atom. The predicted octanol–water partition coefficient (Wildman–Crippen LogP) is 4.21. The highest BCUT2D eigenvalue weighted by Gasteiger charge is 2.18. The van der Waals surface area contributed by atoms with Gasteiger partial charge >= 0.3 is 0 Å². The molecule has 2 rings (SSSR count). The van der Waals surface area contributed by atoms with Gasteiger partial charge in [-0.15, -0.1) is 11.3 Å². The molecule has 1 aliphatic rings. The second-order valence-corrected chi connectivity index (χ2v) is 6.96. The summed E-state index contributed by atoms with van der Waals surface area (Å²) in [5.74, 6) is 0.870. The highest BCUT2D eigenvalue weighted by molar-refractivity contribution is 7.11. The van der Waals surface area contributed by atoms with Crippen LogP contribution in [0.3, 0.4) is 0 Å². The quantitative estimate of drug-likeness (QED) is 0.826. The van der Waals surface area contributed by atoms with Gasteiger partial charge in [0.2, 0.25) is 0 Å². The minimum absolute atomic E-state index is 0.632. The maximum absolute atomic E-state index is 4.60. The molecule has 1 fully saturated rings. The number of thiazole rings is 1. The Hall–Kier alpha value is -0.410. The fourth-order valence-corrected chi connectivity index (χ4v) is 3.73. The summed E-state index contributed by atoms with van der Waals surface area (Å²) < 4.78 is 0. The van der Waals surface area contributed by atoms with Crippen molar-refractivity contribution in [1.82, 2.24) is 10.3 Å². The molecule has 1 atom stereocenters. The average molecular weight is 266 g/mol. The highest BCUT2D eigenvalue weighted by Crippen LogP contribution is 2.26. The molecular formula is C15H26N2S. The van der Waals surface area contributed by atoms with Gasteiger partial charge < -0.3 is 5.32 Å². The van der Waals surface area contributed by atoms with Gasteiger partial charge in [0.15, 0.2) is 0 Å². The van der Waals surface area contributed by atoms with Crippen molar-refractivity contribution >= 4 is 11.3 Å². The Labute approximate surface area is 115 Å². The zero-order valence-corrected chi connectivity index (χ0v) is 12.8. The molecule has 1 heterocycles. The second kappa shape index (κ2) is 6.67. The smallest absolute Gasteiger partial charge is 0.107 e. The summed E-state index contributed by atoms with van der Waals surface area (Å²) in [6.07, 6.45) is 8.54. The van der Waals surface area contributed by atoms with Gasteiger partial charge in [0.05, 0.1) is 5.69 Å². The molecule has 0 unspecified atom stereocenters. The summed E-state index contributed by atoms with van der Waals surface area (Å²) in [6.45, 7) is 7.55. The average Bonchev–Trinajstić information content (AvgIpc) is 2.60. The fourth-order valence-electron chi connectivity index (χ4n) is 2.84. The van der Waals surface area contributed by atoms with E-state index < -0.39 is 0 Å². The van der Waals surface area contributed by atoms with Crippen molar-refractivity contribution < 1.29 is 0 Å². The molecule has 1 aromatic heterocycles. The van der Waals surface area contributed by atoms with Crippen molar-refractivity contribution in [2.24, 2.45) is 5.92 Å². The zero-order valence-electron chi connectivity index (χ0n) is 12.0. The van der Waals surface area contributed by atoms with Gasteiger partial charge in [-0.25, -0.2) is 4.98 Å². The number of hydrogen-bond acceptors (Lipinski definition) is 3. The number of aromatic nitrogens is 1. The van der Waals surface area contributed by atoms with E-state index in [1.165, 1.54) is 54.1 Å². The molecule has 0 radical (unpaired) electrons. The van der Waals surface area contributed by atoms with Gasteiger partial charge in [-0.2, -0.15) is 0 Å². The van der Waals surface area contributed by atoms with E-state index in [4.69, 9.17) is 0 Å². The maximum atomic E-state index is 4.60. The summed E-state index contributed by atoms with van der Waals surface area (Å²) in [7, 11) is 0. The fraction of sp³-hybridized carbons (Fsp3) is 0.800. The molecule has 1 aromatic rings. The van der Waals surface area contributed by atoms with E-state index in [0.717, 1.165) is 12.5 Å². The standard InChI is InChI=1S/C15H26N2S/c1-11-13(3)18-15(17-11)10-16-12(2)14-8-6-4-5-7-9-14/h12,14,16H,4-10H2,1-3H3/t12-/m0/s1. The molecular weight excluding hydrogens is 240 g/mol. The number of aryl methyl sites for hydroxylation is 2. The maximum Gasteiger partial charge on any atom is 0.107 e. The van der Waals surface area contributed by atoms with E-state index >= 15 is 0 Å². The molecule has 1 aliphatic carbocycles. The molecule has 1 N–H and O–H groups in total. The molecule has 0 aromatic carbocycles. The Bertz CT molecular complexity index is 345. The first-order chi connectivity index (χ1) is 8.66. The molecule has 0 saturated heterocycles. The Morgan fingerprint density at radius 2 is 1.89 bits per heavy atom. The lowest BCUT2D eigenvalue weighted by atomic mass is 9.93. The number of hydrogen-bond donors (Lipinski definition) is 1. The van der Waals surface area contributed by atoms with Crippen LogP contribution < -0.4 is 5.32 Å². The van der Waals surface area contributed by atoms with Crippen molar-refractivity contribution in [3.8, 4) is 0 Å². The lowest BCUT2D eigenvalue weighted by Crippen LogP contribution is -2.32. The van der Waals surface area contributed by atoms with Gasteiger partial charge in [-0.3, -0.25) is 0 Å². The Balaban J connectivity index is 1.81. The monoisotopic (exact) mass is 266 g/mol. The lowest BCUT2D eigenvalue weighted by Gasteiger charge is -2.23. The molecule has 0 spiro atoms. The summed E-state index contributed by atoms with van der Waals surface area (Å²) >= 11 is 1.83. The number of rotatable bonds is 4. The predicted molar refractivity (Wildman–Crippen MR) is 79.1 cm³/mol. The van der Waals surface area contributed by atoms with Crippen LogP contribution in [-0.2, 0) is 6.54 Å². The third kappa shape index (κ3) is 3.79. The van der Waals surface area contributed by atoms with Crippen LogP contribution in [0.5, 0.6) is 0 Å². The summed E-state index contributed by atoms with van der Waals surface area (Å²) in [5.41, 5.74) is 1.19. The normalized spacial score (nSPS) is 19.7. The molecule has 1 saturated carbocycles. The van der Waals surface area contributed by atoms with E-state index in [-0.39, 0.29) is 0 Å². The first-order valence-corrected chi connectivity index (χ1v) is 8.14. The van der Waals surface area contributed by atoms with E-state index in [1.807, 2.05) is 11.3 Å². The molecule has 0 bridgehead atoms. The van der Waals surface area contributed by atoms with Crippen LogP contribution in [0.1, 0.15) is 61.0 Å². The van der Waals surface area contributed by atoms with Crippen molar-refractivity contribution in [3.05, 3.63) is 15.6 Å². The summed E-state index contributed by atoms with van der Waals surface area (Å²) in [6, 6.07) is 0.632. The summed E-state index contributed by atoms with van der Waals surface area (Å²) in [4.78, 5) is 5.96. The number of nitrogens with zero attached hydrogens (tertiary/aromatic N) is 1. The molecule has 0 amide bonds. The van der Waals surface area contributed by atoms with E-state index in [1.54, 1.807) is 0 Å². The molecule has 18 heavy (non-hydrogen) atoms. The van der Waals surface area contributed by atoms with Crippen LogP contribution in [0, 0.1) is 19.8 Å². The van der Waals surface area contributed by atoms with Crippen molar-refractivity contribution in [1.29, 1.82) is 0 Å². The van der Waals surface area contributed by atoms with Gasteiger partial charge in [0.1, 0.15) is 5.01 Å². The first kappa shape index (κ1) is 14.0. The second-order valence-electron chi connectivity index (χ2n) is 5.67. The first-order valence-electron chi connectivity index (χ1n) is 7.33. The molecule has 2 nitrogen and oxygen atoms in total. The Morgan fingerprint density at radius 1 is 1.22 bits per heavy atom. The highest BCUT2D eigenvalue weighted by atomic mass is 32.1. The van der Waals surface area contributed by atoms with Crippen LogP contribution in [0.2, 0.25) is 0 Å². The van der Waals surface area contributed by atoms with Crippen LogP contribution in [-0.4, -0.2) is 11.0 Å². The van der Waals surface area contributed by atoms with Crippen LogP contribution in [0.4, 0.5) is 0 Å². The molecule has 0 aliphatic heterocycles. The third-order valence-electron chi connectivity index (χ3n) is 4.26. The topological polar surface area (TPSA) is 24.9 Å². The van der Waals surface area contributed by atoms with Crippen LogP contribution in [0.15, 0.2) is 0 Å². The van der Waals surface area contributed by atoms with Crippen LogP contribution >= 0.6 is 11.3 Å². The van der Waals surface area contributed by atoms with E-state index in [9.17, 15) is 0 Å². The van der Waals surface area contributed by atoms with Gasteiger partial charge in [0, 0.05) is 17.5 Å². The minimum atomic E-state index is 0.632. The largest absolute Gasteiger partial charge is 0.308 e. The Kier molecular flexibility index (Phi) is 5.19. The van der Waals surface area contributed by atoms with E-state index in [2.05, 4.69) is 31.1 Å². The van der Waals surface area contributed by atoms with Gasteiger partial charge in [-0.1, -0.05) is 25.7 Å². The van der Waals surface area contributed by atoms with Crippen molar-refractivity contribution in [3.63, 3.8) is 0 Å². The van der Waals surface area contributed by atoms with E-state index in [0.29, 0.717) is 6.04 Å². The van der Waals surface area contributed by atoms with Crippen LogP contribution in [0.25, 0.3) is 0 Å². The minimum Gasteiger partial charge on any atom is -0.308 e. The number of nitrogens with one attached hydrogen (secondary N) is 1. The van der Waals surface area contributed by atoms with Gasteiger partial charge in [-0.05, 0) is 39.5 Å². The SMILES string of the molecule is Cc1nc(CN[C@@H](C)C2CCCCCC2)sc1C. The summed E-state index contributed by atoms with van der Waals surface area (Å²) in [5, 5.41) is 4.93. The molecule has 3 heteroatoms. The van der Waals surface area contributed by atoms with Gasteiger partial charge in [0.25, 0.3) is 0 Å². The lowest BCUT2D eigenvalue weighted by molar-refractivity contribution is 0.336. The third-order valence-corrected chi connectivity index (χ3v) is 5.33. The van der Waals surface area contributed by atoms with Crippen molar-refractivity contribution in [2.45, 2.75) is 71.9 Å². The molecule has 102 valence electrons. The van der Waals surface area contributed by atoms with Crippen molar-refractivity contribution in [2.75, 3.05) is 0 Å². The zero-order chi connectivity index (χ0) is 13.0.